The Bertz CT molecular complexity index is 1060. The molecule has 2 N–H and O–H groups in total. The first-order valence-electron chi connectivity index (χ1n) is 7.99. The van der Waals surface area contributed by atoms with Crippen molar-refractivity contribution < 1.29 is 18.0 Å². The first-order chi connectivity index (χ1) is 12.8. The molecule has 3 rings (SSSR count). The minimum Gasteiger partial charge on any atom is -0.325 e. The summed E-state index contributed by atoms with van der Waals surface area (Å²) in [6.07, 6.45) is 0.147. The Morgan fingerprint density at radius 2 is 1.93 bits per heavy atom. The number of nitrogens with zero attached hydrogens (tertiary/aromatic N) is 2. The van der Waals surface area contributed by atoms with Gasteiger partial charge in [-0.2, -0.15) is 5.26 Å². The van der Waals surface area contributed by atoms with E-state index in [-0.39, 0.29) is 17.2 Å². The van der Waals surface area contributed by atoms with E-state index in [1.54, 1.807) is 37.4 Å². The van der Waals surface area contributed by atoms with Gasteiger partial charge in [-0.3, -0.25) is 9.59 Å². The van der Waals surface area contributed by atoms with Crippen LogP contribution in [0.1, 0.15) is 11.1 Å². The predicted molar refractivity (Wildman–Crippen MR) is 98.5 cm³/mol. The number of carbonyl (C=O) groups excluding carboxylic acids is 2. The van der Waals surface area contributed by atoms with Gasteiger partial charge in [0.05, 0.1) is 29.5 Å². The number of likely N-dealkylation sites (N-methyl/N-ethyl adjacent to an activating group) is 1. The van der Waals surface area contributed by atoms with Gasteiger partial charge in [-0.25, -0.2) is 13.1 Å². The summed E-state index contributed by atoms with van der Waals surface area (Å²) in [6.45, 7) is -0.446. The van der Waals surface area contributed by atoms with E-state index in [9.17, 15) is 18.0 Å². The molecule has 0 atom stereocenters. The van der Waals surface area contributed by atoms with E-state index < -0.39 is 22.5 Å². The van der Waals surface area contributed by atoms with Crippen molar-refractivity contribution in [1.29, 1.82) is 5.26 Å². The van der Waals surface area contributed by atoms with Crippen LogP contribution in [0.4, 0.5) is 11.4 Å². The molecular weight excluding hydrogens is 368 g/mol. The second-order valence-electron chi connectivity index (χ2n) is 5.98. The number of hydrogen-bond donors (Lipinski definition) is 2. The van der Waals surface area contributed by atoms with Gasteiger partial charge in [-0.1, -0.05) is 0 Å². The van der Waals surface area contributed by atoms with Crippen molar-refractivity contribution >= 4 is 33.2 Å². The molecule has 27 heavy (non-hydrogen) atoms. The number of nitrogens with one attached hydrogen (secondary N) is 2. The van der Waals surface area contributed by atoms with Crippen molar-refractivity contribution in [1.82, 2.24) is 4.72 Å². The third-order valence-electron chi connectivity index (χ3n) is 4.16. The van der Waals surface area contributed by atoms with E-state index in [0.717, 1.165) is 0 Å². The summed E-state index contributed by atoms with van der Waals surface area (Å²) in [7, 11) is -2.27. The summed E-state index contributed by atoms with van der Waals surface area (Å²) >= 11 is 0. The van der Waals surface area contributed by atoms with Crippen molar-refractivity contribution in [2.24, 2.45) is 0 Å². The first kappa shape index (κ1) is 18.6. The molecule has 0 aliphatic carbocycles. The lowest BCUT2D eigenvalue weighted by Crippen LogP contribution is -2.33. The Hall–Kier alpha value is -3.22. The quantitative estimate of drug-likeness (QED) is 0.797. The van der Waals surface area contributed by atoms with Crippen LogP contribution in [0.5, 0.6) is 0 Å². The van der Waals surface area contributed by atoms with Crippen molar-refractivity contribution in [2.75, 3.05) is 23.8 Å². The van der Waals surface area contributed by atoms with Gasteiger partial charge >= 0.3 is 0 Å². The SMILES string of the molecule is CN1C(=O)Cc2cc(S(=O)(=O)NCC(=O)Nc3ccc(C#N)cc3)ccc21. The lowest BCUT2D eigenvalue weighted by Gasteiger charge is -2.11. The van der Waals surface area contributed by atoms with Crippen molar-refractivity contribution in [3.8, 4) is 6.07 Å². The number of sulfonamides is 1. The molecule has 0 saturated carbocycles. The highest BCUT2D eigenvalue weighted by Gasteiger charge is 2.26. The number of anilines is 2. The van der Waals surface area contributed by atoms with Crippen LogP contribution in [0.3, 0.4) is 0 Å². The number of nitriles is 1. The highest BCUT2D eigenvalue weighted by atomic mass is 32.2. The maximum Gasteiger partial charge on any atom is 0.241 e. The van der Waals surface area contributed by atoms with Crippen LogP contribution in [-0.4, -0.2) is 33.8 Å². The summed E-state index contributed by atoms with van der Waals surface area (Å²) in [5, 5.41) is 11.3. The third kappa shape index (κ3) is 3.97. The summed E-state index contributed by atoms with van der Waals surface area (Å²) in [6, 6.07) is 12.6. The molecule has 0 unspecified atom stereocenters. The molecule has 0 bridgehead atoms. The van der Waals surface area contributed by atoms with Gasteiger partial charge in [0.15, 0.2) is 0 Å². The molecule has 0 saturated heterocycles. The summed E-state index contributed by atoms with van der Waals surface area (Å²) < 4.78 is 27.1. The van der Waals surface area contributed by atoms with Crippen LogP contribution in [0, 0.1) is 11.3 Å². The normalized spacial score (nSPS) is 13.2. The monoisotopic (exact) mass is 384 g/mol. The summed E-state index contributed by atoms with van der Waals surface area (Å²) in [4.78, 5) is 25.1. The van der Waals surface area contributed by atoms with Crippen LogP contribution in [-0.2, 0) is 26.0 Å². The Morgan fingerprint density at radius 1 is 1.22 bits per heavy atom. The fraction of sp³-hybridized carbons (Fsp3) is 0.167. The van der Waals surface area contributed by atoms with Crippen LogP contribution >= 0.6 is 0 Å². The minimum atomic E-state index is -3.90. The van der Waals surface area contributed by atoms with Gasteiger partial charge in [0.25, 0.3) is 0 Å². The predicted octanol–water partition coefficient (Wildman–Crippen LogP) is 0.994. The van der Waals surface area contributed by atoms with E-state index in [0.29, 0.717) is 22.5 Å². The Morgan fingerprint density at radius 3 is 2.59 bits per heavy atom. The van der Waals surface area contributed by atoms with Crippen LogP contribution in [0.2, 0.25) is 0 Å². The van der Waals surface area contributed by atoms with Gasteiger partial charge in [0.1, 0.15) is 0 Å². The zero-order valence-corrected chi connectivity index (χ0v) is 15.2. The molecule has 0 spiro atoms. The van der Waals surface area contributed by atoms with Crippen molar-refractivity contribution in [3.05, 3.63) is 53.6 Å². The molecule has 2 amide bonds. The second kappa shape index (κ2) is 7.19. The molecule has 2 aromatic rings. The number of hydrogen-bond acceptors (Lipinski definition) is 5. The van der Waals surface area contributed by atoms with E-state index in [1.807, 2.05) is 6.07 Å². The zero-order chi connectivity index (χ0) is 19.6. The molecule has 1 aliphatic rings. The first-order valence-corrected chi connectivity index (χ1v) is 9.47. The summed E-state index contributed by atoms with van der Waals surface area (Å²) in [5.41, 5.74) is 2.22. The zero-order valence-electron chi connectivity index (χ0n) is 14.4. The topological polar surface area (TPSA) is 119 Å². The molecule has 2 aromatic carbocycles. The second-order valence-corrected chi connectivity index (χ2v) is 7.75. The van der Waals surface area contributed by atoms with Gasteiger partial charge in [-0.15, -0.1) is 0 Å². The van der Waals surface area contributed by atoms with E-state index >= 15 is 0 Å². The molecule has 138 valence electrons. The van der Waals surface area contributed by atoms with E-state index in [2.05, 4.69) is 10.0 Å². The standard InChI is InChI=1S/C18H16N4O4S/c1-22-16-7-6-15(8-13(16)9-18(22)24)27(25,26)20-11-17(23)21-14-4-2-12(10-19)3-5-14/h2-8,20H,9,11H2,1H3,(H,21,23). The third-order valence-corrected chi connectivity index (χ3v) is 5.56. The van der Waals surface area contributed by atoms with Gasteiger partial charge in [-0.05, 0) is 48.0 Å². The fourth-order valence-electron chi connectivity index (χ4n) is 2.69. The molecule has 0 radical (unpaired) electrons. The number of carbonyl (C=O) groups is 2. The highest BCUT2D eigenvalue weighted by Crippen LogP contribution is 2.29. The number of benzene rings is 2. The van der Waals surface area contributed by atoms with Gasteiger partial charge in [0.2, 0.25) is 21.8 Å². The Labute approximate surface area is 156 Å². The lowest BCUT2D eigenvalue weighted by atomic mass is 10.2. The lowest BCUT2D eigenvalue weighted by molar-refractivity contribution is -0.117. The van der Waals surface area contributed by atoms with Crippen LogP contribution < -0.4 is 14.9 Å². The number of amides is 2. The molecular formula is C18H16N4O4S. The highest BCUT2D eigenvalue weighted by molar-refractivity contribution is 7.89. The van der Waals surface area contributed by atoms with Gasteiger partial charge in [0, 0.05) is 18.4 Å². The van der Waals surface area contributed by atoms with Crippen LogP contribution in [0.15, 0.2) is 47.4 Å². The fourth-order valence-corrected chi connectivity index (χ4v) is 3.72. The molecule has 1 heterocycles. The largest absolute Gasteiger partial charge is 0.325 e. The molecule has 0 aromatic heterocycles. The van der Waals surface area contributed by atoms with E-state index in [1.165, 1.54) is 17.0 Å². The number of rotatable bonds is 5. The Balaban J connectivity index is 1.65. The molecule has 9 heteroatoms. The maximum atomic E-state index is 12.4. The Kier molecular flexibility index (Phi) is 4.94. The smallest absolute Gasteiger partial charge is 0.241 e. The van der Waals surface area contributed by atoms with Crippen molar-refractivity contribution in [3.63, 3.8) is 0 Å². The molecule has 8 nitrogen and oxygen atoms in total. The minimum absolute atomic E-state index is 0.00415. The molecule has 0 fully saturated rings. The summed E-state index contributed by atoms with van der Waals surface area (Å²) in [5.74, 6) is -0.645. The average molecular weight is 384 g/mol. The molecule has 1 aliphatic heterocycles. The van der Waals surface area contributed by atoms with Crippen molar-refractivity contribution in [2.45, 2.75) is 11.3 Å². The average Bonchev–Trinajstić information content (AvgIpc) is 2.94. The van der Waals surface area contributed by atoms with Crippen LogP contribution in [0.25, 0.3) is 0 Å². The van der Waals surface area contributed by atoms with Gasteiger partial charge < -0.3 is 10.2 Å². The van der Waals surface area contributed by atoms with E-state index in [4.69, 9.17) is 5.26 Å². The maximum absolute atomic E-state index is 12.4. The number of fused-ring (bicyclic) bond motifs is 1.